The lowest BCUT2D eigenvalue weighted by atomic mass is 9.92. The molecular weight excluding hydrogens is 466 g/mol. The summed E-state index contributed by atoms with van der Waals surface area (Å²) in [5.41, 5.74) is 1.56. The fourth-order valence-corrected chi connectivity index (χ4v) is 4.08. The molecule has 11 heteroatoms. The maximum atomic E-state index is 13.4. The van der Waals surface area contributed by atoms with E-state index in [9.17, 15) is 18.7 Å². The van der Waals surface area contributed by atoms with Crippen LogP contribution in [0.1, 0.15) is 53.3 Å². The first-order valence-electron chi connectivity index (χ1n) is 10.9. The van der Waals surface area contributed by atoms with E-state index >= 15 is 0 Å². The van der Waals surface area contributed by atoms with Gasteiger partial charge in [-0.25, -0.2) is 18.7 Å². The van der Waals surface area contributed by atoms with Crippen LogP contribution < -0.4 is 10.6 Å². The molecule has 0 saturated heterocycles. The van der Waals surface area contributed by atoms with E-state index in [0.717, 1.165) is 5.56 Å². The van der Waals surface area contributed by atoms with E-state index in [1.165, 1.54) is 12.5 Å². The maximum Gasteiger partial charge on any atom is 0.272 e. The maximum absolute atomic E-state index is 13.4. The number of nitrogens with zero attached hydrogens (tertiary/aromatic N) is 4. The molecule has 4 rings (SSSR count). The van der Waals surface area contributed by atoms with Crippen LogP contribution in [0.2, 0.25) is 5.02 Å². The number of anilines is 1. The Labute approximate surface area is 200 Å². The summed E-state index contributed by atoms with van der Waals surface area (Å²) in [6, 6.07) is 6.12. The van der Waals surface area contributed by atoms with Crippen molar-refractivity contribution >= 4 is 23.5 Å². The lowest BCUT2D eigenvalue weighted by Gasteiger charge is -2.28. The standard InChI is InChI=1S/C23H25ClF2N6O2/c1-14-10-27-22(29-17-5-7-23(25,26)8-6-17)31-20(14)32-11-18(28-13-32)21(34)30-19(12-33)15-3-2-4-16(24)9-15/h2-4,9-11,13,17,19,33H,5-8,12H2,1H3,(H,30,34)(H,27,29,31). The van der Waals surface area contributed by atoms with Crippen molar-refractivity contribution < 1.29 is 18.7 Å². The van der Waals surface area contributed by atoms with Gasteiger partial charge in [-0.15, -0.1) is 0 Å². The highest BCUT2D eigenvalue weighted by Crippen LogP contribution is 2.34. The minimum Gasteiger partial charge on any atom is -0.394 e. The van der Waals surface area contributed by atoms with Crippen LogP contribution in [0, 0.1) is 6.92 Å². The van der Waals surface area contributed by atoms with Gasteiger partial charge in [0, 0.05) is 41.9 Å². The minimum atomic E-state index is -2.60. The van der Waals surface area contributed by atoms with Gasteiger partial charge in [-0.3, -0.25) is 9.36 Å². The summed E-state index contributed by atoms with van der Waals surface area (Å²) >= 11 is 6.01. The zero-order chi connectivity index (χ0) is 24.3. The molecule has 0 radical (unpaired) electrons. The zero-order valence-corrected chi connectivity index (χ0v) is 19.3. The number of hydrogen-bond acceptors (Lipinski definition) is 6. The van der Waals surface area contributed by atoms with E-state index in [0.29, 0.717) is 35.2 Å². The van der Waals surface area contributed by atoms with Crippen molar-refractivity contribution in [2.24, 2.45) is 0 Å². The van der Waals surface area contributed by atoms with Crippen molar-refractivity contribution in [1.29, 1.82) is 0 Å². The lowest BCUT2D eigenvalue weighted by Crippen LogP contribution is -2.32. The van der Waals surface area contributed by atoms with Crippen LogP contribution in [0.5, 0.6) is 0 Å². The highest BCUT2D eigenvalue weighted by molar-refractivity contribution is 6.30. The van der Waals surface area contributed by atoms with Crippen LogP contribution in [-0.2, 0) is 0 Å². The van der Waals surface area contributed by atoms with Gasteiger partial charge >= 0.3 is 0 Å². The van der Waals surface area contributed by atoms with Gasteiger partial charge in [0.15, 0.2) is 0 Å². The van der Waals surface area contributed by atoms with Gasteiger partial charge < -0.3 is 15.7 Å². The Kier molecular flexibility index (Phi) is 7.08. The van der Waals surface area contributed by atoms with Crippen molar-refractivity contribution in [3.05, 3.63) is 64.8 Å². The molecule has 1 fully saturated rings. The number of nitrogens with one attached hydrogen (secondary N) is 2. The van der Waals surface area contributed by atoms with E-state index in [1.54, 1.807) is 35.0 Å². The predicted molar refractivity (Wildman–Crippen MR) is 123 cm³/mol. The second kappa shape index (κ2) is 10.0. The summed E-state index contributed by atoms with van der Waals surface area (Å²) in [4.78, 5) is 25.7. The number of aliphatic hydroxyl groups is 1. The normalized spacial score (nSPS) is 16.7. The van der Waals surface area contributed by atoms with E-state index in [-0.39, 0.29) is 31.2 Å². The zero-order valence-electron chi connectivity index (χ0n) is 18.5. The SMILES string of the molecule is Cc1cnc(NC2CCC(F)(F)CC2)nc1-n1cnc(C(=O)NC(CO)c2cccc(Cl)c2)c1. The van der Waals surface area contributed by atoms with Gasteiger partial charge in [-0.1, -0.05) is 23.7 Å². The van der Waals surface area contributed by atoms with Crippen LogP contribution in [0.4, 0.5) is 14.7 Å². The highest BCUT2D eigenvalue weighted by Gasteiger charge is 2.35. The van der Waals surface area contributed by atoms with Crippen LogP contribution in [0.25, 0.3) is 5.82 Å². The molecule has 0 bridgehead atoms. The summed E-state index contributed by atoms with van der Waals surface area (Å²) in [5.74, 6) is -2.23. The fraction of sp³-hybridized carbons (Fsp3) is 0.391. The van der Waals surface area contributed by atoms with Gasteiger partial charge in [-0.05, 0) is 37.5 Å². The number of aryl methyl sites for hydroxylation is 1. The number of aromatic nitrogens is 4. The molecule has 1 aliphatic rings. The van der Waals surface area contributed by atoms with Gasteiger partial charge in [0.25, 0.3) is 5.91 Å². The second-order valence-electron chi connectivity index (χ2n) is 8.40. The molecule has 2 aromatic heterocycles. The van der Waals surface area contributed by atoms with E-state index in [1.807, 2.05) is 6.92 Å². The van der Waals surface area contributed by atoms with E-state index in [2.05, 4.69) is 25.6 Å². The molecule has 34 heavy (non-hydrogen) atoms. The van der Waals surface area contributed by atoms with Crippen LogP contribution in [0.15, 0.2) is 43.0 Å². The summed E-state index contributed by atoms with van der Waals surface area (Å²) in [6.45, 7) is 1.51. The summed E-state index contributed by atoms with van der Waals surface area (Å²) in [7, 11) is 0. The number of hydrogen-bond donors (Lipinski definition) is 3. The summed E-state index contributed by atoms with van der Waals surface area (Å²) in [6.07, 6.45) is 4.98. The molecule has 2 heterocycles. The second-order valence-corrected chi connectivity index (χ2v) is 8.84. The molecule has 180 valence electrons. The van der Waals surface area contributed by atoms with Crippen molar-refractivity contribution in [3.8, 4) is 5.82 Å². The number of rotatable bonds is 7. The predicted octanol–water partition coefficient (Wildman–Crippen LogP) is 4.08. The van der Waals surface area contributed by atoms with Crippen molar-refractivity contribution in [2.45, 2.75) is 50.6 Å². The minimum absolute atomic E-state index is 0.124. The highest BCUT2D eigenvalue weighted by atomic mass is 35.5. The van der Waals surface area contributed by atoms with Gasteiger partial charge in [0.2, 0.25) is 11.9 Å². The topological polar surface area (TPSA) is 105 Å². The molecule has 0 aliphatic heterocycles. The number of halogens is 3. The molecule has 1 aliphatic carbocycles. The smallest absolute Gasteiger partial charge is 0.272 e. The van der Waals surface area contributed by atoms with Crippen LogP contribution in [-0.4, -0.2) is 49.1 Å². The first-order valence-corrected chi connectivity index (χ1v) is 11.3. The Morgan fingerprint density at radius 2 is 2.09 bits per heavy atom. The van der Waals surface area contributed by atoms with Crippen LogP contribution in [0.3, 0.4) is 0 Å². The molecule has 0 spiro atoms. The first-order chi connectivity index (χ1) is 16.2. The Morgan fingerprint density at radius 3 is 2.79 bits per heavy atom. The summed E-state index contributed by atoms with van der Waals surface area (Å²) in [5, 5.41) is 16.1. The molecule has 1 atom stereocenters. The molecule has 1 aromatic carbocycles. The Hall–Kier alpha value is -3.11. The molecule has 8 nitrogen and oxygen atoms in total. The van der Waals surface area contributed by atoms with Crippen molar-refractivity contribution in [3.63, 3.8) is 0 Å². The van der Waals surface area contributed by atoms with Crippen molar-refractivity contribution in [1.82, 2.24) is 24.8 Å². The average Bonchev–Trinajstić information content (AvgIpc) is 3.30. The third kappa shape index (κ3) is 5.68. The number of carbonyl (C=O) groups is 1. The van der Waals surface area contributed by atoms with Gasteiger partial charge in [-0.2, -0.15) is 4.98 Å². The largest absolute Gasteiger partial charge is 0.394 e. The monoisotopic (exact) mass is 490 g/mol. The number of alkyl halides is 2. The summed E-state index contributed by atoms with van der Waals surface area (Å²) < 4.78 is 28.4. The number of aliphatic hydroxyl groups excluding tert-OH is 1. The molecule has 1 saturated carbocycles. The number of amides is 1. The average molecular weight is 491 g/mol. The van der Waals surface area contributed by atoms with Crippen LogP contribution >= 0.6 is 11.6 Å². The Morgan fingerprint density at radius 1 is 1.32 bits per heavy atom. The van der Waals surface area contributed by atoms with Crippen molar-refractivity contribution in [2.75, 3.05) is 11.9 Å². The molecule has 3 aromatic rings. The number of benzene rings is 1. The van der Waals surface area contributed by atoms with Gasteiger partial charge in [0.05, 0.1) is 12.6 Å². The first kappa shape index (κ1) is 24.0. The van der Waals surface area contributed by atoms with E-state index in [4.69, 9.17) is 11.6 Å². The molecule has 1 unspecified atom stereocenters. The van der Waals surface area contributed by atoms with E-state index < -0.39 is 17.9 Å². The molecule has 3 N–H and O–H groups in total. The number of carbonyl (C=O) groups excluding carboxylic acids is 1. The molecular formula is C23H25ClF2N6O2. The Bertz CT molecular complexity index is 1160. The lowest BCUT2D eigenvalue weighted by molar-refractivity contribution is -0.0361. The number of imidazole rings is 1. The fourth-order valence-electron chi connectivity index (χ4n) is 3.88. The Balaban J connectivity index is 1.46. The van der Waals surface area contributed by atoms with Gasteiger partial charge in [0.1, 0.15) is 17.8 Å². The third-order valence-electron chi connectivity index (χ3n) is 5.79. The third-order valence-corrected chi connectivity index (χ3v) is 6.03. The quantitative estimate of drug-likeness (QED) is 0.461. The molecule has 1 amide bonds.